The largest absolute Gasteiger partial charge is 0.394 e. The number of aromatic nitrogens is 2. The zero-order chi connectivity index (χ0) is 13.4. The van der Waals surface area contributed by atoms with Gasteiger partial charge in [0.1, 0.15) is 18.3 Å². The molecule has 0 aliphatic carbocycles. The molecule has 0 unspecified atom stereocenters. The standard InChI is InChI=1S/C9H12N2O6/c12-3-4-6(14)7(15)8(17-4)11-2-1-5(13)10-9(11)16/h1-2,4,6-8,12,14-15H,3H2,(H,10,13,16)/t4-,6-,7-,8-/m1/s1/i1D,3+1,4+1,6+1,7+1,8+1. The van der Waals surface area contributed by atoms with Crippen LogP contribution in [0.25, 0.3) is 0 Å². The van der Waals surface area contributed by atoms with Crippen LogP contribution in [0.3, 0.4) is 0 Å². The maximum Gasteiger partial charge on any atom is 0.330 e. The molecule has 1 fully saturated rings. The van der Waals surface area contributed by atoms with Gasteiger partial charge >= 0.3 is 5.69 Å². The van der Waals surface area contributed by atoms with Crippen molar-refractivity contribution < 1.29 is 21.4 Å². The predicted molar refractivity (Wildman–Crippen MR) is 54.3 cm³/mol. The van der Waals surface area contributed by atoms with Crippen molar-refractivity contribution in [2.45, 2.75) is 24.5 Å². The predicted octanol–water partition coefficient (Wildman–Crippen LogP) is -2.85. The fourth-order valence-electron chi connectivity index (χ4n) is 1.68. The average Bonchev–Trinajstić information content (AvgIpc) is 2.61. The first-order chi connectivity index (χ1) is 8.45. The fraction of sp³-hybridized carbons (Fsp3) is 0.556. The van der Waals surface area contributed by atoms with E-state index in [9.17, 15) is 19.8 Å². The zero-order valence-electron chi connectivity index (χ0n) is 9.61. The summed E-state index contributed by atoms with van der Waals surface area (Å²) in [5, 5.41) is 28.1. The van der Waals surface area contributed by atoms with Gasteiger partial charge in [-0.05, 0) is 0 Å². The smallest absolute Gasteiger partial charge is 0.330 e. The first-order valence-electron chi connectivity index (χ1n) is 5.40. The van der Waals surface area contributed by atoms with Crippen molar-refractivity contribution in [1.29, 1.82) is 0 Å². The molecule has 2 rings (SSSR count). The van der Waals surface area contributed by atoms with Crippen LogP contribution in [0.1, 0.15) is 7.60 Å². The number of rotatable bonds is 2. The number of aromatic amines is 1. The Balaban J connectivity index is 2.42. The number of aliphatic hydroxyl groups excluding tert-OH is 3. The fourth-order valence-corrected chi connectivity index (χ4v) is 1.68. The van der Waals surface area contributed by atoms with Crippen LogP contribution in [0.5, 0.6) is 0 Å². The molecule has 4 N–H and O–H groups in total. The topological polar surface area (TPSA) is 125 Å². The van der Waals surface area contributed by atoms with Crippen molar-refractivity contribution in [3.63, 3.8) is 0 Å². The Kier molecular flexibility index (Phi) is 2.77. The SMILES string of the molecule is [2H]c1cn([13C@@H]2O[13C@H]([13CH2]O)[13C@@H](O)[13C@H]2O)c(=O)[nH]c1=O. The highest BCUT2D eigenvalue weighted by molar-refractivity contribution is 4.92. The number of aliphatic hydroxyl groups is 3. The monoisotopic (exact) mass is 250 g/mol. The molecule has 0 spiro atoms. The number of hydrogen-bond acceptors (Lipinski definition) is 6. The molecule has 0 radical (unpaired) electrons. The van der Waals surface area contributed by atoms with Gasteiger partial charge in [0.15, 0.2) is 6.23 Å². The van der Waals surface area contributed by atoms with E-state index in [0.717, 1.165) is 10.8 Å². The molecule has 1 aliphatic rings. The summed E-state index contributed by atoms with van der Waals surface area (Å²) in [6, 6.07) is -0.479. The van der Waals surface area contributed by atoms with Gasteiger partial charge in [-0.15, -0.1) is 0 Å². The minimum Gasteiger partial charge on any atom is -0.394 e. The highest BCUT2D eigenvalue weighted by atomic mass is 16.8. The van der Waals surface area contributed by atoms with Crippen LogP contribution in [-0.4, -0.2) is 49.8 Å². The number of nitrogens with one attached hydrogen (secondary N) is 1. The number of ether oxygens (including phenoxy) is 1. The van der Waals surface area contributed by atoms with Crippen LogP contribution in [-0.2, 0) is 4.74 Å². The van der Waals surface area contributed by atoms with Crippen LogP contribution in [0.4, 0.5) is 0 Å². The molecule has 94 valence electrons. The minimum atomic E-state index is -1.44. The summed E-state index contributed by atoms with van der Waals surface area (Å²) in [7, 11) is 0. The molecule has 1 aromatic rings. The first-order valence-corrected chi connectivity index (χ1v) is 4.90. The Morgan fingerprint density at radius 3 is 2.76 bits per heavy atom. The normalized spacial score (nSPS) is 33.7. The summed E-state index contributed by atoms with van der Waals surface area (Å²) >= 11 is 0. The first kappa shape index (κ1) is 10.7. The third kappa shape index (κ3) is 2.03. The third-order valence-electron chi connectivity index (χ3n) is 2.58. The van der Waals surface area contributed by atoms with E-state index >= 15 is 0 Å². The van der Waals surface area contributed by atoms with Crippen molar-refractivity contribution in [1.82, 2.24) is 9.55 Å². The van der Waals surface area contributed by atoms with Crippen LogP contribution in [0.2, 0.25) is 0 Å². The molecule has 8 heteroatoms. The van der Waals surface area contributed by atoms with Gasteiger partial charge in [0.05, 0.1) is 7.98 Å². The maximum atomic E-state index is 11.5. The van der Waals surface area contributed by atoms with Crippen molar-refractivity contribution in [2.75, 3.05) is 6.61 Å². The van der Waals surface area contributed by atoms with Crippen molar-refractivity contribution >= 4 is 0 Å². The highest BCUT2D eigenvalue weighted by Crippen LogP contribution is 2.27. The average molecular weight is 250 g/mol. The van der Waals surface area contributed by atoms with E-state index in [1.54, 1.807) is 0 Å². The van der Waals surface area contributed by atoms with E-state index in [1.807, 2.05) is 4.98 Å². The Morgan fingerprint density at radius 2 is 2.18 bits per heavy atom. The molecule has 2 heterocycles. The van der Waals surface area contributed by atoms with E-state index in [2.05, 4.69) is 0 Å². The molecule has 0 bridgehead atoms. The summed E-state index contributed by atoms with van der Waals surface area (Å²) in [6.07, 6.45) is -4.18. The van der Waals surface area contributed by atoms with E-state index in [-0.39, 0.29) is 0 Å². The zero-order valence-corrected chi connectivity index (χ0v) is 8.61. The second-order valence-electron chi connectivity index (χ2n) is 3.67. The summed E-state index contributed by atoms with van der Waals surface area (Å²) in [4.78, 5) is 24.4. The van der Waals surface area contributed by atoms with Crippen LogP contribution < -0.4 is 11.2 Å². The van der Waals surface area contributed by atoms with Crippen molar-refractivity contribution in [3.05, 3.63) is 33.1 Å². The van der Waals surface area contributed by atoms with Gasteiger partial charge in [0.25, 0.3) is 5.56 Å². The van der Waals surface area contributed by atoms with Gasteiger partial charge in [-0.1, -0.05) is 0 Å². The number of nitrogens with zero attached hydrogens (tertiary/aromatic N) is 1. The molecule has 0 amide bonds. The quantitative estimate of drug-likeness (QED) is 0.419. The lowest BCUT2D eigenvalue weighted by Crippen LogP contribution is -2.37. The lowest BCUT2D eigenvalue weighted by atomic mass is 10.6. The third-order valence-corrected chi connectivity index (χ3v) is 2.58. The molecule has 0 saturated carbocycles. The summed E-state index contributed by atoms with van der Waals surface area (Å²) < 4.78 is 13.2. The molecule has 1 aromatic heterocycles. The summed E-state index contributed by atoms with van der Waals surface area (Å²) in [5.74, 6) is 0. The van der Waals surface area contributed by atoms with Crippen LogP contribution in [0.15, 0.2) is 21.8 Å². The van der Waals surface area contributed by atoms with E-state index < -0.39 is 48.4 Å². The Hall–Kier alpha value is -1.48. The maximum absolute atomic E-state index is 11.5. The highest BCUT2D eigenvalue weighted by Gasteiger charge is 2.43. The molecular formula is C9H12N2O6. The minimum absolute atomic E-state index is 0.479. The van der Waals surface area contributed by atoms with Gasteiger partial charge < -0.3 is 20.1 Å². The van der Waals surface area contributed by atoms with Gasteiger partial charge in [0.2, 0.25) is 0 Å². The van der Waals surface area contributed by atoms with Crippen LogP contribution >= 0.6 is 0 Å². The molecular weight excluding hydrogens is 237 g/mol. The van der Waals surface area contributed by atoms with E-state index in [4.69, 9.17) is 11.2 Å². The Bertz CT molecular complexity index is 555. The second kappa shape index (κ2) is 4.41. The lowest BCUT2D eigenvalue weighted by molar-refractivity contribution is -0.0550. The van der Waals surface area contributed by atoms with Crippen LogP contribution in [0, 0.1) is 0 Å². The molecule has 1 aliphatic heterocycles. The lowest BCUT2D eigenvalue weighted by Gasteiger charge is -2.16. The Labute approximate surface area is 96.1 Å². The molecule has 1 saturated heterocycles. The van der Waals surface area contributed by atoms with Gasteiger partial charge in [-0.3, -0.25) is 14.3 Å². The molecule has 17 heavy (non-hydrogen) atoms. The number of hydrogen-bond donors (Lipinski definition) is 4. The summed E-state index contributed by atoms with van der Waals surface area (Å²) in [6.45, 7) is -0.527. The second-order valence-corrected chi connectivity index (χ2v) is 3.67. The molecule has 4 atom stereocenters. The van der Waals surface area contributed by atoms with Gasteiger partial charge in [-0.2, -0.15) is 0 Å². The molecule has 8 nitrogen and oxygen atoms in total. The summed E-state index contributed by atoms with van der Waals surface area (Å²) in [5.41, 5.74) is -1.73. The Morgan fingerprint density at radius 1 is 1.47 bits per heavy atom. The van der Waals surface area contributed by atoms with Crippen molar-refractivity contribution in [2.24, 2.45) is 0 Å². The number of H-pyrrole nitrogens is 1. The molecule has 0 aromatic carbocycles. The van der Waals surface area contributed by atoms with E-state index in [1.165, 1.54) is 0 Å². The van der Waals surface area contributed by atoms with Crippen molar-refractivity contribution in [3.8, 4) is 0 Å². The van der Waals surface area contributed by atoms with Gasteiger partial charge in [-0.25, -0.2) is 4.79 Å². The van der Waals surface area contributed by atoms with Gasteiger partial charge in [0, 0.05) is 12.2 Å². The van der Waals surface area contributed by atoms with E-state index in [0.29, 0.717) is 0 Å².